The first-order valence-electron chi connectivity index (χ1n) is 7.85. The summed E-state index contributed by atoms with van der Waals surface area (Å²) >= 11 is 0. The summed E-state index contributed by atoms with van der Waals surface area (Å²) in [6, 6.07) is 7.49. The lowest BCUT2D eigenvalue weighted by molar-refractivity contribution is 0.143. The third-order valence-corrected chi connectivity index (χ3v) is 4.18. The van der Waals surface area contributed by atoms with Gasteiger partial charge in [-0.25, -0.2) is 4.79 Å². The first kappa shape index (κ1) is 14.8. The highest BCUT2D eigenvalue weighted by molar-refractivity contribution is 5.88. The van der Waals surface area contributed by atoms with Crippen LogP contribution in [0, 0.1) is 0 Å². The number of piperazine rings is 1. The summed E-state index contributed by atoms with van der Waals surface area (Å²) in [6.45, 7) is 4.11. The number of ether oxygens (including phenoxy) is 2. The van der Waals surface area contributed by atoms with Gasteiger partial charge in [0.1, 0.15) is 6.26 Å². The minimum atomic E-state index is -0.147. The van der Waals surface area contributed by atoms with Gasteiger partial charge in [-0.15, -0.1) is 0 Å². The minimum Gasteiger partial charge on any atom is -0.454 e. The van der Waals surface area contributed by atoms with Gasteiger partial charge in [-0.1, -0.05) is 11.2 Å². The maximum Gasteiger partial charge on any atom is 0.323 e. The van der Waals surface area contributed by atoms with Gasteiger partial charge in [-0.3, -0.25) is 10.2 Å². The number of carbonyl (C=O) groups excluding carboxylic acids is 1. The van der Waals surface area contributed by atoms with Crippen LogP contribution in [0.15, 0.2) is 35.1 Å². The Hall–Kier alpha value is -2.74. The average molecular weight is 330 g/mol. The van der Waals surface area contributed by atoms with Gasteiger partial charge in [0.15, 0.2) is 17.3 Å². The van der Waals surface area contributed by atoms with E-state index in [-0.39, 0.29) is 12.8 Å². The van der Waals surface area contributed by atoms with Crippen LogP contribution >= 0.6 is 0 Å². The molecule has 1 fully saturated rings. The van der Waals surface area contributed by atoms with Crippen molar-refractivity contribution in [3.63, 3.8) is 0 Å². The van der Waals surface area contributed by atoms with Crippen LogP contribution in [-0.4, -0.2) is 54.0 Å². The number of hydrogen-bond acceptors (Lipinski definition) is 6. The molecular formula is C16H18N4O4. The highest BCUT2D eigenvalue weighted by atomic mass is 16.7. The number of benzene rings is 1. The summed E-state index contributed by atoms with van der Waals surface area (Å²) in [6.07, 6.45) is 1.43. The van der Waals surface area contributed by atoms with Crippen LogP contribution in [0.5, 0.6) is 11.5 Å². The molecule has 0 bridgehead atoms. The van der Waals surface area contributed by atoms with Gasteiger partial charge in [0, 0.05) is 38.8 Å². The monoisotopic (exact) mass is 330 g/mol. The molecule has 4 rings (SSSR count). The quantitative estimate of drug-likeness (QED) is 0.923. The van der Waals surface area contributed by atoms with Crippen molar-refractivity contribution in [3.8, 4) is 11.5 Å². The number of urea groups is 1. The summed E-state index contributed by atoms with van der Waals surface area (Å²) in [5.41, 5.74) is 1.18. The second-order valence-corrected chi connectivity index (χ2v) is 5.77. The molecule has 0 unspecified atom stereocenters. The Kier molecular flexibility index (Phi) is 3.96. The van der Waals surface area contributed by atoms with E-state index in [0.717, 1.165) is 31.1 Å². The molecule has 24 heavy (non-hydrogen) atoms. The third-order valence-electron chi connectivity index (χ3n) is 4.18. The van der Waals surface area contributed by atoms with Crippen LogP contribution in [0.1, 0.15) is 5.56 Å². The Labute approximate surface area is 138 Å². The molecule has 0 aliphatic carbocycles. The number of rotatable bonds is 3. The summed E-state index contributed by atoms with van der Waals surface area (Å²) in [4.78, 5) is 16.2. The van der Waals surface area contributed by atoms with Gasteiger partial charge in [0.2, 0.25) is 6.79 Å². The molecule has 1 aromatic carbocycles. The zero-order valence-electron chi connectivity index (χ0n) is 13.1. The number of nitrogens with zero attached hydrogens (tertiary/aromatic N) is 3. The van der Waals surface area contributed by atoms with Crippen molar-refractivity contribution >= 4 is 11.8 Å². The number of carbonyl (C=O) groups is 1. The highest BCUT2D eigenvalue weighted by Crippen LogP contribution is 2.32. The predicted molar refractivity (Wildman–Crippen MR) is 84.9 cm³/mol. The lowest BCUT2D eigenvalue weighted by Gasteiger charge is -2.34. The summed E-state index contributed by atoms with van der Waals surface area (Å²) in [5, 5.41) is 6.40. The third kappa shape index (κ3) is 3.13. The largest absolute Gasteiger partial charge is 0.454 e. The van der Waals surface area contributed by atoms with Crippen molar-refractivity contribution in [1.29, 1.82) is 0 Å². The Bertz CT molecular complexity index is 711. The van der Waals surface area contributed by atoms with E-state index in [1.165, 1.54) is 11.8 Å². The van der Waals surface area contributed by atoms with Crippen LogP contribution in [0.3, 0.4) is 0 Å². The van der Waals surface area contributed by atoms with Crippen molar-refractivity contribution in [1.82, 2.24) is 15.0 Å². The maximum absolute atomic E-state index is 12.1. The minimum absolute atomic E-state index is 0.147. The van der Waals surface area contributed by atoms with E-state index in [1.807, 2.05) is 12.1 Å². The van der Waals surface area contributed by atoms with E-state index in [9.17, 15) is 4.79 Å². The molecule has 3 heterocycles. The standard InChI is InChI=1S/C16H18N4O4/c21-16(17-15-3-8-24-18-15)20-6-4-19(5-7-20)10-12-1-2-13-14(9-12)23-11-22-13/h1-3,8-9H,4-7,10-11H2,(H,17,18,21). The van der Waals surface area contributed by atoms with Gasteiger partial charge in [0.25, 0.3) is 0 Å². The molecular weight excluding hydrogens is 312 g/mol. The van der Waals surface area contributed by atoms with E-state index in [0.29, 0.717) is 18.9 Å². The Morgan fingerprint density at radius 2 is 1.96 bits per heavy atom. The Morgan fingerprint density at radius 3 is 2.75 bits per heavy atom. The smallest absolute Gasteiger partial charge is 0.323 e. The molecule has 1 aromatic heterocycles. The number of aromatic nitrogens is 1. The summed E-state index contributed by atoms with van der Waals surface area (Å²) in [5.74, 6) is 2.04. The number of fused-ring (bicyclic) bond motifs is 1. The van der Waals surface area contributed by atoms with Crippen LogP contribution in [0.2, 0.25) is 0 Å². The van der Waals surface area contributed by atoms with E-state index in [1.54, 1.807) is 11.0 Å². The predicted octanol–water partition coefficient (Wildman–Crippen LogP) is 1.75. The van der Waals surface area contributed by atoms with Gasteiger partial charge in [0.05, 0.1) is 0 Å². The van der Waals surface area contributed by atoms with E-state index < -0.39 is 0 Å². The van der Waals surface area contributed by atoms with Crippen LogP contribution < -0.4 is 14.8 Å². The molecule has 8 nitrogen and oxygen atoms in total. The lowest BCUT2D eigenvalue weighted by atomic mass is 10.1. The van der Waals surface area contributed by atoms with E-state index >= 15 is 0 Å². The van der Waals surface area contributed by atoms with Gasteiger partial charge in [-0.2, -0.15) is 0 Å². The fourth-order valence-corrected chi connectivity index (χ4v) is 2.87. The molecule has 2 aliphatic heterocycles. The van der Waals surface area contributed by atoms with E-state index in [2.05, 4.69) is 21.4 Å². The molecule has 0 radical (unpaired) electrons. The molecule has 0 atom stereocenters. The molecule has 2 amide bonds. The molecule has 1 N–H and O–H groups in total. The van der Waals surface area contributed by atoms with Crippen molar-refractivity contribution in [2.75, 3.05) is 38.3 Å². The first-order chi connectivity index (χ1) is 11.8. The highest BCUT2D eigenvalue weighted by Gasteiger charge is 2.22. The molecule has 0 saturated carbocycles. The van der Waals surface area contributed by atoms with Gasteiger partial charge in [-0.05, 0) is 17.7 Å². The molecule has 1 saturated heterocycles. The zero-order valence-corrected chi connectivity index (χ0v) is 13.1. The summed E-state index contributed by atoms with van der Waals surface area (Å²) < 4.78 is 15.4. The van der Waals surface area contributed by atoms with Crippen LogP contribution in [0.4, 0.5) is 10.6 Å². The van der Waals surface area contributed by atoms with Crippen molar-refractivity contribution in [2.45, 2.75) is 6.54 Å². The van der Waals surface area contributed by atoms with Crippen LogP contribution in [-0.2, 0) is 6.54 Å². The van der Waals surface area contributed by atoms with Gasteiger partial charge < -0.3 is 18.9 Å². The van der Waals surface area contributed by atoms with E-state index in [4.69, 9.17) is 14.0 Å². The number of hydrogen-bond donors (Lipinski definition) is 1. The Morgan fingerprint density at radius 1 is 1.12 bits per heavy atom. The lowest BCUT2D eigenvalue weighted by Crippen LogP contribution is -2.49. The molecule has 8 heteroatoms. The SMILES string of the molecule is O=C(Nc1ccon1)N1CCN(Cc2ccc3c(c2)OCO3)CC1. The Balaban J connectivity index is 1.29. The number of anilines is 1. The first-order valence-corrected chi connectivity index (χ1v) is 7.85. The van der Waals surface area contributed by atoms with Crippen molar-refractivity contribution in [2.24, 2.45) is 0 Å². The van der Waals surface area contributed by atoms with Crippen LogP contribution in [0.25, 0.3) is 0 Å². The fraction of sp³-hybridized carbons (Fsp3) is 0.375. The zero-order chi connectivity index (χ0) is 16.4. The van der Waals surface area contributed by atoms with Crippen molar-refractivity contribution in [3.05, 3.63) is 36.1 Å². The number of amides is 2. The topological polar surface area (TPSA) is 80.1 Å². The molecule has 0 spiro atoms. The normalized spacial score (nSPS) is 17.1. The average Bonchev–Trinajstić information content (AvgIpc) is 3.26. The maximum atomic E-state index is 12.1. The second-order valence-electron chi connectivity index (χ2n) is 5.77. The van der Waals surface area contributed by atoms with Crippen molar-refractivity contribution < 1.29 is 18.8 Å². The molecule has 2 aliphatic rings. The molecule has 126 valence electrons. The van der Waals surface area contributed by atoms with Gasteiger partial charge >= 0.3 is 6.03 Å². The fourth-order valence-electron chi connectivity index (χ4n) is 2.87. The second kappa shape index (κ2) is 6.40. The summed E-state index contributed by atoms with van der Waals surface area (Å²) in [7, 11) is 0. The molecule has 2 aromatic rings. The number of nitrogens with one attached hydrogen (secondary N) is 1.